The fourth-order valence-electron chi connectivity index (χ4n) is 1.49. The first kappa shape index (κ1) is 13.8. The summed E-state index contributed by atoms with van der Waals surface area (Å²) in [6.45, 7) is 2.22. The van der Waals surface area contributed by atoms with E-state index in [-0.39, 0.29) is 6.61 Å². The van der Waals surface area contributed by atoms with Crippen molar-refractivity contribution in [1.82, 2.24) is 0 Å². The van der Waals surface area contributed by atoms with Crippen LogP contribution in [0, 0.1) is 22.7 Å². The lowest BCUT2D eigenvalue weighted by Crippen LogP contribution is -2.03. The topological polar surface area (TPSA) is 56.8 Å². The molecule has 0 saturated carbocycles. The molecule has 0 bridgehead atoms. The number of benzene rings is 1. The Morgan fingerprint density at radius 1 is 1.11 bits per heavy atom. The van der Waals surface area contributed by atoms with Crippen molar-refractivity contribution in [2.45, 2.75) is 26.2 Å². The van der Waals surface area contributed by atoms with Gasteiger partial charge in [0.2, 0.25) is 0 Å². The third-order valence-corrected chi connectivity index (χ3v) is 2.54. The van der Waals surface area contributed by atoms with E-state index in [4.69, 9.17) is 15.3 Å². The fraction of sp³-hybridized carbons (Fsp3) is 0.333. The molecule has 92 valence electrons. The smallest absolute Gasteiger partial charge is 0.124 e. The Labute approximate surface area is 108 Å². The van der Waals surface area contributed by atoms with Crippen molar-refractivity contribution in [2.24, 2.45) is 0 Å². The molecule has 0 aliphatic carbocycles. The van der Waals surface area contributed by atoms with Crippen LogP contribution in [0.3, 0.4) is 0 Å². The summed E-state index contributed by atoms with van der Waals surface area (Å²) in [7, 11) is 0. The minimum absolute atomic E-state index is 0.160. The predicted molar refractivity (Wildman–Crippen MR) is 69.7 cm³/mol. The molecule has 0 aromatic heterocycles. The summed E-state index contributed by atoms with van der Waals surface area (Å²) in [6.07, 6.45) is 2.57. The molecule has 1 aromatic carbocycles. The minimum atomic E-state index is 0.160. The number of unbranched alkanes of at least 4 members (excludes halogenated alkanes) is 1. The van der Waals surface area contributed by atoms with Gasteiger partial charge in [0.25, 0.3) is 0 Å². The van der Waals surface area contributed by atoms with Gasteiger partial charge in [0.05, 0.1) is 17.7 Å². The van der Waals surface area contributed by atoms with Crippen LogP contribution in [-0.2, 0) is 0 Å². The number of allylic oxidation sites excluding steroid dienone is 1. The highest BCUT2D eigenvalue weighted by Gasteiger charge is 2.07. The van der Waals surface area contributed by atoms with Crippen LogP contribution < -0.4 is 4.74 Å². The molecule has 1 rings (SSSR count). The lowest BCUT2D eigenvalue weighted by atomic mass is 10.0. The Bertz CT molecular complexity index is 477. The van der Waals surface area contributed by atoms with Gasteiger partial charge in [0, 0.05) is 5.57 Å². The van der Waals surface area contributed by atoms with Crippen LogP contribution in [-0.4, -0.2) is 6.61 Å². The van der Waals surface area contributed by atoms with E-state index in [1.807, 2.05) is 30.3 Å². The number of rotatable bonds is 6. The molecule has 0 atom stereocenters. The van der Waals surface area contributed by atoms with Gasteiger partial charge in [0.1, 0.15) is 12.4 Å². The molecule has 0 aliphatic heterocycles. The van der Waals surface area contributed by atoms with Crippen LogP contribution in [0.4, 0.5) is 0 Å². The Morgan fingerprint density at radius 3 is 2.33 bits per heavy atom. The summed E-state index contributed by atoms with van der Waals surface area (Å²) in [6, 6.07) is 13.5. The maximum absolute atomic E-state index is 9.07. The van der Waals surface area contributed by atoms with Gasteiger partial charge < -0.3 is 4.74 Å². The standard InChI is InChI=1S/C15H16N2O/c1-2-3-7-13(10-16)14(11-17)12-18-15-8-5-4-6-9-15/h4-6,8-9H,2-3,7,12H2,1H3/b14-13+. The molecule has 0 radical (unpaired) electrons. The van der Waals surface area contributed by atoms with Crippen molar-refractivity contribution in [3.63, 3.8) is 0 Å². The van der Waals surface area contributed by atoms with Crippen LogP contribution >= 0.6 is 0 Å². The van der Waals surface area contributed by atoms with Crippen LogP contribution in [0.25, 0.3) is 0 Å². The van der Waals surface area contributed by atoms with Crippen LogP contribution in [0.1, 0.15) is 26.2 Å². The largest absolute Gasteiger partial charge is 0.488 e. The fourth-order valence-corrected chi connectivity index (χ4v) is 1.49. The summed E-state index contributed by atoms with van der Waals surface area (Å²) in [5.74, 6) is 0.707. The third kappa shape index (κ3) is 4.31. The molecule has 1 aromatic rings. The quantitative estimate of drug-likeness (QED) is 0.714. The van der Waals surface area contributed by atoms with Gasteiger partial charge in [-0.2, -0.15) is 10.5 Å². The summed E-state index contributed by atoms with van der Waals surface area (Å²) in [5, 5.41) is 18.1. The van der Waals surface area contributed by atoms with Gasteiger partial charge in [-0.05, 0) is 25.0 Å². The number of ether oxygens (including phenoxy) is 1. The average Bonchev–Trinajstić information content (AvgIpc) is 2.43. The second-order valence-corrected chi connectivity index (χ2v) is 3.89. The number of nitriles is 2. The van der Waals surface area contributed by atoms with Gasteiger partial charge >= 0.3 is 0 Å². The molecule has 3 nitrogen and oxygen atoms in total. The Balaban J connectivity index is 2.69. The predicted octanol–water partition coefficient (Wildman–Crippen LogP) is 3.60. The van der Waals surface area contributed by atoms with Gasteiger partial charge in [-0.3, -0.25) is 0 Å². The highest BCUT2D eigenvalue weighted by molar-refractivity contribution is 5.37. The van der Waals surface area contributed by atoms with E-state index in [0.717, 1.165) is 12.8 Å². The lowest BCUT2D eigenvalue weighted by molar-refractivity contribution is 0.355. The molecule has 0 fully saturated rings. The molecular formula is C15H16N2O. The third-order valence-electron chi connectivity index (χ3n) is 2.54. The molecule has 0 N–H and O–H groups in total. The van der Waals surface area contributed by atoms with Gasteiger partial charge in [-0.25, -0.2) is 0 Å². The maximum atomic E-state index is 9.07. The summed E-state index contributed by atoms with van der Waals surface area (Å²) in [5.41, 5.74) is 0.963. The van der Waals surface area contributed by atoms with E-state index in [1.54, 1.807) is 0 Å². The number of hydrogen-bond acceptors (Lipinski definition) is 3. The van der Waals surface area contributed by atoms with Crippen molar-refractivity contribution in [1.29, 1.82) is 10.5 Å². The molecule has 0 amide bonds. The number of para-hydroxylation sites is 1. The van der Waals surface area contributed by atoms with Crippen molar-refractivity contribution in [3.8, 4) is 17.9 Å². The second kappa shape index (κ2) is 7.92. The van der Waals surface area contributed by atoms with E-state index < -0.39 is 0 Å². The summed E-state index contributed by atoms with van der Waals surface area (Å²) in [4.78, 5) is 0. The van der Waals surface area contributed by atoms with E-state index >= 15 is 0 Å². The molecule has 18 heavy (non-hydrogen) atoms. The first-order chi connectivity index (χ1) is 8.81. The van der Waals surface area contributed by atoms with Crippen LogP contribution in [0.5, 0.6) is 5.75 Å². The van der Waals surface area contributed by atoms with Crippen molar-refractivity contribution in [3.05, 3.63) is 41.5 Å². The Hall–Kier alpha value is -2.26. The van der Waals surface area contributed by atoms with E-state index in [0.29, 0.717) is 23.3 Å². The molecule has 3 heteroatoms. The van der Waals surface area contributed by atoms with Crippen molar-refractivity contribution >= 4 is 0 Å². The minimum Gasteiger partial charge on any atom is -0.488 e. The highest BCUT2D eigenvalue weighted by Crippen LogP contribution is 2.14. The zero-order valence-electron chi connectivity index (χ0n) is 10.5. The summed E-state index contributed by atoms with van der Waals surface area (Å²) < 4.78 is 5.49. The SMILES string of the molecule is CCCC/C(C#N)=C(/C#N)COc1ccccc1. The number of hydrogen-bond donors (Lipinski definition) is 0. The van der Waals surface area contributed by atoms with E-state index in [9.17, 15) is 0 Å². The van der Waals surface area contributed by atoms with Gasteiger partial charge in [-0.15, -0.1) is 0 Å². The zero-order chi connectivity index (χ0) is 13.2. The second-order valence-electron chi connectivity index (χ2n) is 3.89. The van der Waals surface area contributed by atoms with Crippen LogP contribution in [0.2, 0.25) is 0 Å². The van der Waals surface area contributed by atoms with Crippen molar-refractivity contribution < 1.29 is 4.74 Å². The Kier molecular flexibility index (Phi) is 6.08. The first-order valence-corrected chi connectivity index (χ1v) is 6.01. The molecular weight excluding hydrogens is 224 g/mol. The van der Waals surface area contributed by atoms with Gasteiger partial charge in [-0.1, -0.05) is 31.5 Å². The average molecular weight is 240 g/mol. The highest BCUT2D eigenvalue weighted by atomic mass is 16.5. The molecule has 0 saturated heterocycles. The Morgan fingerprint density at radius 2 is 1.78 bits per heavy atom. The van der Waals surface area contributed by atoms with Gasteiger partial charge in [0.15, 0.2) is 0 Å². The monoisotopic (exact) mass is 240 g/mol. The molecule has 0 heterocycles. The van der Waals surface area contributed by atoms with Crippen LogP contribution in [0.15, 0.2) is 41.5 Å². The normalized spacial score (nSPS) is 11.1. The lowest BCUT2D eigenvalue weighted by Gasteiger charge is -2.06. The first-order valence-electron chi connectivity index (χ1n) is 6.01. The zero-order valence-corrected chi connectivity index (χ0v) is 10.5. The van der Waals surface area contributed by atoms with E-state index in [2.05, 4.69) is 19.1 Å². The molecule has 0 unspecified atom stereocenters. The van der Waals surface area contributed by atoms with Crippen molar-refractivity contribution in [2.75, 3.05) is 6.61 Å². The molecule has 0 aliphatic rings. The maximum Gasteiger partial charge on any atom is 0.124 e. The summed E-state index contributed by atoms with van der Waals surface area (Å²) >= 11 is 0. The number of nitrogens with zero attached hydrogens (tertiary/aromatic N) is 2. The van der Waals surface area contributed by atoms with E-state index in [1.165, 1.54) is 0 Å². The molecule has 0 spiro atoms.